The number of rotatable bonds is 3. The molecule has 0 saturated carbocycles. The van der Waals surface area contributed by atoms with Crippen molar-refractivity contribution in [2.75, 3.05) is 25.4 Å². The minimum absolute atomic E-state index is 0.0309. The van der Waals surface area contributed by atoms with E-state index in [1.54, 1.807) is 16.8 Å². The third-order valence-corrected chi connectivity index (χ3v) is 2.86. The van der Waals surface area contributed by atoms with Crippen LogP contribution in [-0.2, 0) is 6.54 Å². The minimum atomic E-state index is 0.0309. The van der Waals surface area contributed by atoms with E-state index >= 15 is 0 Å². The van der Waals surface area contributed by atoms with Crippen molar-refractivity contribution in [2.45, 2.75) is 19.4 Å². The first-order valence-electron chi connectivity index (χ1n) is 5.44. The topological polar surface area (TPSA) is 51.3 Å². The van der Waals surface area contributed by atoms with Crippen LogP contribution in [0.2, 0.25) is 0 Å². The maximum atomic E-state index is 11.5. The number of likely N-dealkylation sites (tertiary alicyclic amines) is 1. The molecule has 1 aliphatic rings. The maximum absolute atomic E-state index is 11.5. The summed E-state index contributed by atoms with van der Waals surface area (Å²) in [6.45, 7) is 4.02. The first kappa shape index (κ1) is 10.2. The third-order valence-electron chi connectivity index (χ3n) is 2.86. The van der Waals surface area contributed by atoms with Gasteiger partial charge in [-0.05, 0) is 32.0 Å². The van der Waals surface area contributed by atoms with Gasteiger partial charge in [0.25, 0.3) is 5.56 Å². The zero-order chi connectivity index (χ0) is 10.7. The van der Waals surface area contributed by atoms with Gasteiger partial charge in [0, 0.05) is 31.0 Å². The molecule has 0 bridgehead atoms. The van der Waals surface area contributed by atoms with Crippen LogP contribution in [0.15, 0.2) is 23.1 Å². The number of nitrogens with two attached hydrogens (primary N) is 1. The Morgan fingerprint density at radius 3 is 2.67 bits per heavy atom. The molecule has 0 radical (unpaired) electrons. The molecule has 1 aliphatic heterocycles. The molecule has 15 heavy (non-hydrogen) atoms. The number of hydrogen-bond acceptors (Lipinski definition) is 3. The van der Waals surface area contributed by atoms with E-state index in [1.807, 2.05) is 0 Å². The predicted octanol–water partition coefficient (Wildman–Crippen LogP) is 0.526. The van der Waals surface area contributed by atoms with Gasteiger partial charge >= 0.3 is 0 Å². The summed E-state index contributed by atoms with van der Waals surface area (Å²) in [7, 11) is 0. The standard InChI is InChI=1S/C11H17N3O/c12-10-3-4-11(15)14(9-10)8-7-13-5-1-2-6-13/h3-4,9H,1-2,5-8,12H2. The fourth-order valence-corrected chi connectivity index (χ4v) is 1.98. The fourth-order valence-electron chi connectivity index (χ4n) is 1.98. The lowest BCUT2D eigenvalue weighted by molar-refractivity contribution is 0.321. The van der Waals surface area contributed by atoms with Gasteiger partial charge in [0.05, 0.1) is 0 Å². The molecule has 2 rings (SSSR count). The highest BCUT2D eigenvalue weighted by atomic mass is 16.1. The second-order valence-corrected chi connectivity index (χ2v) is 4.04. The summed E-state index contributed by atoms with van der Waals surface area (Å²) in [6, 6.07) is 3.17. The van der Waals surface area contributed by atoms with E-state index in [1.165, 1.54) is 18.9 Å². The van der Waals surface area contributed by atoms with E-state index in [0.29, 0.717) is 5.69 Å². The Hall–Kier alpha value is -1.29. The fraction of sp³-hybridized carbons (Fsp3) is 0.545. The van der Waals surface area contributed by atoms with Crippen molar-refractivity contribution in [3.8, 4) is 0 Å². The Labute approximate surface area is 89.3 Å². The van der Waals surface area contributed by atoms with Crippen LogP contribution in [0.4, 0.5) is 5.69 Å². The zero-order valence-corrected chi connectivity index (χ0v) is 8.85. The molecule has 0 aliphatic carbocycles. The van der Waals surface area contributed by atoms with Crippen molar-refractivity contribution in [3.63, 3.8) is 0 Å². The summed E-state index contributed by atoms with van der Waals surface area (Å²) in [5, 5.41) is 0. The van der Waals surface area contributed by atoms with Crippen molar-refractivity contribution >= 4 is 5.69 Å². The molecule has 1 aromatic rings. The van der Waals surface area contributed by atoms with Gasteiger partial charge in [-0.3, -0.25) is 4.79 Å². The lowest BCUT2D eigenvalue weighted by atomic mass is 10.4. The highest BCUT2D eigenvalue weighted by Gasteiger charge is 2.10. The number of pyridine rings is 1. The lowest BCUT2D eigenvalue weighted by Gasteiger charge is -2.15. The van der Waals surface area contributed by atoms with Gasteiger partial charge < -0.3 is 15.2 Å². The van der Waals surface area contributed by atoms with Crippen molar-refractivity contribution in [3.05, 3.63) is 28.7 Å². The molecule has 0 amide bonds. The first-order valence-corrected chi connectivity index (χ1v) is 5.44. The van der Waals surface area contributed by atoms with Crippen LogP contribution < -0.4 is 11.3 Å². The Morgan fingerprint density at radius 1 is 1.20 bits per heavy atom. The Balaban J connectivity index is 1.97. The van der Waals surface area contributed by atoms with Crippen LogP contribution in [0.3, 0.4) is 0 Å². The molecule has 1 fully saturated rings. The van der Waals surface area contributed by atoms with E-state index in [4.69, 9.17) is 5.73 Å². The molecule has 2 N–H and O–H groups in total. The van der Waals surface area contributed by atoms with Gasteiger partial charge in [0.15, 0.2) is 0 Å². The van der Waals surface area contributed by atoms with E-state index in [-0.39, 0.29) is 5.56 Å². The van der Waals surface area contributed by atoms with E-state index in [0.717, 1.165) is 26.2 Å². The lowest BCUT2D eigenvalue weighted by Crippen LogP contribution is -2.28. The van der Waals surface area contributed by atoms with E-state index in [9.17, 15) is 4.79 Å². The molecular formula is C11H17N3O. The highest BCUT2D eigenvalue weighted by Crippen LogP contribution is 2.06. The average Bonchev–Trinajstić information content (AvgIpc) is 2.72. The average molecular weight is 207 g/mol. The van der Waals surface area contributed by atoms with Crippen LogP contribution >= 0.6 is 0 Å². The van der Waals surface area contributed by atoms with Gasteiger partial charge in [0.2, 0.25) is 0 Å². The molecule has 0 aromatic carbocycles. The third kappa shape index (κ3) is 2.59. The zero-order valence-electron chi connectivity index (χ0n) is 8.85. The quantitative estimate of drug-likeness (QED) is 0.786. The number of nitrogen functional groups attached to an aromatic ring is 1. The summed E-state index contributed by atoms with van der Waals surface area (Å²) in [6.07, 6.45) is 4.29. The highest BCUT2D eigenvalue weighted by molar-refractivity contribution is 5.33. The molecule has 1 saturated heterocycles. The largest absolute Gasteiger partial charge is 0.398 e. The van der Waals surface area contributed by atoms with Crippen LogP contribution in [-0.4, -0.2) is 29.1 Å². The van der Waals surface area contributed by atoms with Crippen LogP contribution in [0.1, 0.15) is 12.8 Å². The summed E-state index contributed by atoms with van der Waals surface area (Å²) < 4.78 is 1.69. The molecular weight excluding hydrogens is 190 g/mol. The van der Waals surface area contributed by atoms with Crippen molar-refractivity contribution in [1.29, 1.82) is 0 Å². The normalized spacial score (nSPS) is 17.1. The second-order valence-electron chi connectivity index (χ2n) is 4.04. The molecule has 0 unspecified atom stereocenters. The molecule has 1 aromatic heterocycles. The second kappa shape index (κ2) is 4.49. The van der Waals surface area contributed by atoms with Gasteiger partial charge in [-0.2, -0.15) is 0 Å². The molecule has 82 valence electrons. The predicted molar refractivity (Wildman–Crippen MR) is 60.8 cm³/mol. The number of nitrogens with zero attached hydrogens (tertiary/aromatic N) is 2. The molecule has 0 spiro atoms. The molecule has 4 heteroatoms. The van der Waals surface area contributed by atoms with Crippen molar-refractivity contribution in [2.24, 2.45) is 0 Å². The minimum Gasteiger partial charge on any atom is -0.398 e. The maximum Gasteiger partial charge on any atom is 0.250 e. The smallest absolute Gasteiger partial charge is 0.250 e. The van der Waals surface area contributed by atoms with Crippen LogP contribution in [0.5, 0.6) is 0 Å². The molecule has 2 heterocycles. The Kier molecular flexibility index (Phi) is 3.06. The Bertz CT molecular complexity index is 380. The van der Waals surface area contributed by atoms with Gasteiger partial charge in [0.1, 0.15) is 0 Å². The van der Waals surface area contributed by atoms with Gasteiger partial charge in [-0.25, -0.2) is 0 Å². The van der Waals surface area contributed by atoms with E-state index < -0.39 is 0 Å². The van der Waals surface area contributed by atoms with Crippen LogP contribution in [0, 0.1) is 0 Å². The van der Waals surface area contributed by atoms with Crippen LogP contribution in [0.25, 0.3) is 0 Å². The Morgan fingerprint density at radius 2 is 1.93 bits per heavy atom. The summed E-state index contributed by atoms with van der Waals surface area (Å²) in [5.74, 6) is 0. The number of anilines is 1. The summed E-state index contributed by atoms with van der Waals surface area (Å²) >= 11 is 0. The molecule has 0 atom stereocenters. The monoisotopic (exact) mass is 207 g/mol. The summed E-state index contributed by atoms with van der Waals surface area (Å²) in [4.78, 5) is 13.8. The SMILES string of the molecule is Nc1ccc(=O)n(CCN2CCCC2)c1. The number of hydrogen-bond donors (Lipinski definition) is 1. The molecule has 4 nitrogen and oxygen atoms in total. The summed E-state index contributed by atoms with van der Waals surface area (Å²) in [5.41, 5.74) is 6.32. The first-order chi connectivity index (χ1) is 7.25. The van der Waals surface area contributed by atoms with Crippen molar-refractivity contribution in [1.82, 2.24) is 9.47 Å². The van der Waals surface area contributed by atoms with Crippen molar-refractivity contribution < 1.29 is 0 Å². The van der Waals surface area contributed by atoms with E-state index in [2.05, 4.69) is 4.90 Å². The number of aromatic nitrogens is 1. The van der Waals surface area contributed by atoms with Gasteiger partial charge in [-0.15, -0.1) is 0 Å². The van der Waals surface area contributed by atoms with Gasteiger partial charge in [-0.1, -0.05) is 0 Å².